The molecule has 2 saturated heterocycles. The summed E-state index contributed by atoms with van der Waals surface area (Å²) in [6, 6.07) is 5.17. The van der Waals surface area contributed by atoms with E-state index in [9.17, 15) is 9.36 Å². The minimum Gasteiger partial charge on any atom is -0.408 e. The van der Waals surface area contributed by atoms with Gasteiger partial charge in [-0.3, -0.25) is 23.1 Å². The van der Waals surface area contributed by atoms with Gasteiger partial charge in [0, 0.05) is 25.0 Å². The lowest BCUT2D eigenvalue weighted by Crippen LogP contribution is -2.54. The Hall–Kier alpha value is -1.75. The molecule has 246 valence electrons. The summed E-state index contributed by atoms with van der Waals surface area (Å²) in [5.41, 5.74) is 6.08. The van der Waals surface area contributed by atoms with Gasteiger partial charge in [-0.15, -0.1) is 0 Å². The van der Waals surface area contributed by atoms with Gasteiger partial charge in [0.1, 0.15) is 24.1 Å². The lowest BCUT2D eigenvalue weighted by Gasteiger charge is -2.44. The number of nitrogens with zero attached hydrogens (tertiary/aromatic N) is 3. The zero-order valence-corrected chi connectivity index (χ0v) is 30.5. The van der Waals surface area contributed by atoms with E-state index in [0.29, 0.717) is 6.42 Å². The van der Waals surface area contributed by atoms with Crippen molar-refractivity contribution in [1.29, 1.82) is 0 Å². The molecule has 0 aliphatic carbocycles. The van der Waals surface area contributed by atoms with Crippen molar-refractivity contribution in [3.8, 4) is 0 Å². The maximum absolute atomic E-state index is 13.7. The first kappa shape index (κ1) is 35.1. The van der Waals surface area contributed by atoms with Crippen LogP contribution in [-0.2, 0) is 31.7 Å². The molecule has 2 aromatic rings. The highest BCUT2D eigenvalue weighted by Crippen LogP contribution is 2.57. The van der Waals surface area contributed by atoms with Crippen molar-refractivity contribution in [2.45, 2.75) is 115 Å². The molecule has 4 heterocycles. The molecule has 0 radical (unpaired) electrons. The normalized spacial score (nSPS) is 28.7. The fourth-order valence-electron chi connectivity index (χ4n) is 4.54. The van der Waals surface area contributed by atoms with Crippen LogP contribution in [0.3, 0.4) is 0 Å². The van der Waals surface area contributed by atoms with E-state index in [1.807, 2.05) is 12.1 Å². The number of ether oxygens (including phenoxy) is 1. The largest absolute Gasteiger partial charge is 0.475 e. The first-order chi connectivity index (χ1) is 20.2. The van der Waals surface area contributed by atoms with Crippen LogP contribution in [0.25, 0.3) is 0 Å². The van der Waals surface area contributed by atoms with Gasteiger partial charge in [0.15, 0.2) is 22.9 Å². The smallest absolute Gasteiger partial charge is 0.408 e. The van der Waals surface area contributed by atoms with E-state index in [2.05, 4.69) is 77.7 Å². The Morgan fingerprint density at radius 2 is 1.59 bits per heavy atom. The number of anilines is 1. The third kappa shape index (κ3) is 7.79. The third-order valence-corrected chi connectivity index (χ3v) is 19.7. The van der Waals surface area contributed by atoms with Crippen molar-refractivity contribution in [2.24, 2.45) is 0 Å². The summed E-state index contributed by atoms with van der Waals surface area (Å²) in [5.74, 6) is 0.105. The minimum atomic E-state index is -3.97. The third-order valence-electron chi connectivity index (χ3n) is 9.25. The second-order valence-corrected chi connectivity index (χ2v) is 25.7. The van der Waals surface area contributed by atoms with Crippen molar-refractivity contribution in [3.05, 3.63) is 52.8 Å². The Bertz CT molecular complexity index is 1400. The molecule has 4 rings (SSSR count). The van der Waals surface area contributed by atoms with E-state index in [1.54, 1.807) is 24.7 Å². The first-order valence-corrected chi connectivity index (χ1v) is 22.3. The molecule has 2 fully saturated rings. The van der Waals surface area contributed by atoms with Gasteiger partial charge in [-0.2, -0.15) is 4.98 Å². The Balaban J connectivity index is 1.70. The number of nitrogens with two attached hydrogens (primary N) is 1. The van der Waals surface area contributed by atoms with E-state index >= 15 is 0 Å². The van der Waals surface area contributed by atoms with Gasteiger partial charge in [0.05, 0.1) is 19.3 Å². The fourth-order valence-corrected chi connectivity index (χ4v) is 8.53. The Kier molecular flexibility index (Phi) is 10.2. The van der Waals surface area contributed by atoms with Crippen LogP contribution in [0.4, 0.5) is 5.82 Å². The highest BCUT2D eigenvalue weighted by molar-refractivity contribution is 7.48. The predicted molar refractivity (Wildman–Crippen MR) is 173 cm³/mol. The van der Waals surface area contributed by atoms with E-state index < -0.39 is 60.8 Å². The lowest BCUT2D eigenvalue weighted by atomic mass is 10.1. The molecule has 12 nitrogen and oxygen atoms in total. The van der Waals surface area contributed by atoms with Crippen LogP contribution < -0.4 is 11.4 Å². The molecule has 6 atom stereocenters. The molecule has 0 saturated carbocycles. The Labute approximate surface area is 262 Å². The molecule has 2 N–H and O–H groups in total. The number of rotatable bonds is 9. The van der Waals surface area contributed by atoms with Crippen molar-refractivity contribution < 1.29 is 31.7 Å². The van der Waals surface area contributed by atoms with Crippen molar-refractivity contribution in [2.75, 3.05) is 18.9 Å². The molecule has 44 heavy (non-hydrogen) atoms. The van der Waals surface area contributed by atoms with E-state index in [4.69, 9.17) is 32.9 Å². The number of pyridine rings is 1. The Morgan fingerprint density at radius 3 is 2.16 bits per heavy atom. The van der Waals surface area contributed by atoms with E-state index in [0.717, 1.165) is 5.56 Å². The number of phosphoric acid groups is 1. The number of nitrogen functional groups attached to an aromatic ring is 1. The van der Waals surface area contributed by atoms with Crippen LogP contribution in [0.15, 0.2) is 41.6 Å². The average Bonchev–Trinajstić information content (AvgIpc) is 3.22. The Morgan fingerprint density at radius 1 is 1.00 bits per heavy atom. The van der Waals surface area contributed by atoms with Gasteiger partial charge in [-0.05, 0) is 60.0 Å². The van der Waals surface area contributed by atoms with Gasteiger partial charge in [0.25, 0.3) is 0 Å². The van der Waals surface area contributed by atoms with Gasteiger partial charge < -0.3 is 19.3 Å². The van der Waals surface area contributed by atoms with E-state index in [-0.39, 0.29) is 29.1 Å². The number of hydrogen-bond acceptors (Lipinski definition) is 11. The van der Waals surface area contributed by atoms with Crippen LogP contribution in [0, 0.1) is 0 Å². The summed E-state index contributed by atoms with van der Waals surface area (Å²) in [6.45, 7) is 21.5. The highest BCUT2D eigenvalue weighted by atomic mass is 31.2. The van der Waals surface area contributed by atoms with Gasteiger partial charge in [0.2, 0.25) is 0 Å². The quantitative estimate of drug-likeness (QED) is 0.241. The average molecular weight is 669 g/mol. The SMILES string of the molecule is CC(C)(C)[Si](C)(C)O[C@H]1[C@H](O[Si](C)(C)C(C)(C)C)[C@@H](CO[P@]2(=O)OCC[C@H](c3ccncc3)O2)O[C@H]1n1ccc(N)nc1=O. The van der Waals surface area contributed by atoms with Crippen LogP contribution in [0.5, 0.6) is 0 Å². The molecule has 2 aliphatic heterocycles. The zero-order chi connectivity index (χ0) is 32.7. The van der Waals surface area contributed by atoms with E-state index in [1.165, 1.54) is 4.57 Å². The van der Waals surface area contributed by atoms with Gasteiger partial charge >= 0.3 is 13.5 Å². The summed E-state index contributed by atoms with van der Waals surface area (Å²) >= 11 is 0. The van der Waals surface area contributed by atoms with Crippen LogP contribution in [-0.4, -0.2) is 62.7 Å². The predicted octanol–water partition coefficient (Wildman–Crippen LogP) is 6.20. The van der Waals surface area contributed by atoms with Crippen molar-refractivity contribution in [3.63, 3.8) is 0 Å². The molecule has 0 amide bonds. The maximum atomic E-state index is 13.7. The van der Waals surface area contributed by atoms with Crippen molar-refractivity contribution in [1.82, 2.24) is 14.5 Å². The highest BCUT2D eigenvalue weighted by Gasteiger charge is 2.55. The zero-order valence-electron chi connectivity index (χ0n) is 27.6. The van der Waals surface area contributed by atoms with Gasteiger partial charge in [-0.25, -0.2) is 9.36 Å². The molecule has 2 aliphatic rings. The number of hydrogen-bond donors (Lipinski definition) is 1. The summed E-state index contributed by atoms with van der Waals surface area (Å²) in [6.07, 6.45) is 1.90. The standard InChI is InChI=1S/C29H49N4O8PSi2/c1-28(2,3)43(7,8)40-24-22(19-37-42(35)36-18-14-21(39-42)20-11-15-31-16-12-20)38-26(33-17-13-23(30)32-27(33)34)25(24)41-44(9,10)29(4,5)6/h11-13,15-17,21-22,24-26H,14,18-19H2,1-10H3,(H2,30,32,34)/t21-,22-,24-,25+,26-,42+/m1/s1. The molecule has 0 bridgehead atoms. The molecule has 0 aromatic carbocycles. The molecule has 15 heteroatoms. The number of phosphoric ester groups is 1. The second-order valence-electron chi connectivity index (χ2n) is 14.5. The summed E-state index contributed by atoms with van der Waals surface area (Å²) in [5, 5.41) is -0.286. The lowest BCUT2D eigenvalue weighted by molar-refractivity contribution is -0.0592. The topological polar surface area (TPSA) is 146 Å². The summed E-state index contributed by atoms with van der Waals surface area (Å²) in [7, 11) is -8.84. The van der Waals surface area contributed by atoms with Crippen LogP contribution >= 0.6 is 7.82 Å². The monoisotopic (exact) mass is 668 g/mol. The minimum absolute atomic E-state index is 0.105. The van der Waals surface area contributed by atoms with Gasteiger partial charge in [-0.1, -0.05) is 41.5 Å². The molecule has 0 unspecified atom stereocenters. The number of aromatic nitrogens is 3. The summed E-state index contributed by atoms with van der Waals surface area (Å²) < 4.78 is 53.1. The fraction of sp³-hybridized carbons (Fsp3) is 0.690. The molecule has 0 spiro atoms. The molecular weight excluding hydrogens is 619 g/mol. The molecular formula is C29H49N4O8PSi2. The summed E-state index contributed by atoms with van der Waals surface area (Å²) in [4.78, 5) is 21.1. The van der Waals surface area contributed by atoms with Crippen LogP contribution in [0.2, 0.25) is 36.3 Å². The van der Waals surface area contributed by atoms with Crippen LogP contribution in [0.1, 0.15) is 65.9 Å². The first-order valence-electron chi connectivity index (χ1n) is 15.1. The molecule has 2 aromatic heterocycles. The second kappa shape index (κ2) is 12.8. The van der Waals surface area contributed by atoms with Crippen molar-refractivity contribution >= 4 is 30.3 Å². The maximum Gasteiger partial charge on any atom is 0.475 e.